The van der Waals surface area contributed by atoms with Gasteiger partial charge in [-0.25, -0.2) is 4.98 Å². The highest BCUT2D eigenvalue weighted by molar-refractivity contribution is 5.95. The number of carbonyl (C=O) groups excluding carboxylic acids is 1. The number of nitrogens with zero attached hydrogens (tertiary/aromatic N) is 4. The van der Waals surface area contributed by atoms with Crippen molar-refractivity contribution in [2.24, 2.45) is 0 Å². The standard InChI is InChI=1S/C25H23N5O4/c1-15-21-19(8-7-16-12-30(29-22(16)21)13-17-5-2-3-9-26-17)34-23(15)24(31)28-11-18-14-32-25-20(33-18)6-4-10-27-25/h2-6,9-10,12,18H,7-8,11,13-14H2,1H3,(H,28,31)/t18-/m1/s1. The maximum Gasteiger partial charge on any atom is 0.287 e. The number of rotatable bonds is 5. The van der Waals surface area contributed by atoms with Gasteiger partial charge in [-0.15, -0.1) is 0 Å². The van der Waals surface area contributed by atoms with Crippen molar-refractivity contribution in [1.82, 2.24) is 25.1 Å². The van der Waals surface area contributed by atoms with Crippen LogP contribution in [-0.4, -0.2) is 44.9 Å². The van der Waals surface area contributed by atoms with E-state index < -0.39 is 0 Å². The molecule has 0 saturated heterocycles. The smallest absolute Gasteiger partial charge is 0.287 e. The van der Waals surface area contributed by atoms with Gasteiger partial charge in [0.2, 0.25) is 0 Å². The largest absolute Gasteiger partial charge is 0.479 e. The van der Waals surface area contributed by atoms with Gasteiger partial charge in [-0.05, 0) is 43.2 Å². The second-order valence-corrected chi connectivity index (χ2v) is 8.44. The molecule has 34 heavy (non-hydrogen) atoms. The molecule has 1 N–H and O–H groups in total. The summed E-state index contributed by atoms with van der Waals surface area (Å²) in [5.74, 6) is 1.89. The minimum atomic E-state index is -0.306. The summed E-state index contributed by atoms with van der Waals surface area (Å²) in [6.45, 7) is 3.11. The Hall–Kier alpha value is -4.14. The number of fused-ring (bicyclic) bond motifs is 4. The Morgan fingerprint density at radius 2 is 2.09 bits per heavy atom. The molecule has 0 unspecified atom stereocenters. The zero-order valence-electron chi connectivity index (χ0n) is 18.7. The fourth-order valence-electron chi connectivity index (χ4n) is 4.47. The molecule has 9 nitrogen and oxygen atoms in total. The Morgan fingerprint density at radius 1 is 1.18 bits per heavy atom. The van der Waals surface area contributed by atoms with E-state index >= 15 is 0 Å². The molecule has 0 radical (unpaired) electrons. The highest BCUT2D eigenvalue weighted by atomic mass is 16.6. The molecule has 4 aromatic rings. The summed E-state index contributed by atoms with van der Waals surface area (Å²) in [5.41, 5.74) is 4.69. The van der Waals surface area contributed by atoms with E-state index in [-0.39, 0.29) is 12.0 Å². The van der Waals surface area contributed by atoms with Crippen molar-refractivity contribution in [2.75, 3.05) is 13.2 Å². The van der Waals surface area contributed by atoms with E-state index in [1.165, 1.54) is 0 Å². The molecule has 9 heteroatoms. The molecule has 0 fully saturated rings. The van der Waals surface area contributed by atoms with Gasteiger partial charge in [-0.2, -0.15) is 5.10 Å². The molecule has 1 atom stereocenters. The number of aryl methyl sites for hydroxylation is 2. The third-order valence-corrected chi connectivity index (χ3v) is 6.10. The van der Waals surface area contributed by atoms with Gasteiger partial charge in [0.05, 0.1) is 24.5 Å². The number of aromatic nitrogens is 4. The average Bonchev–Trinajstić information content (AvgIpc) is 3.43. The van der Waals surface area contributed by atoms with Crippen LogP contribution >= 0.6 is 0 Å². The van der Waals surface area contributed by atoms with E-state index in [1.54, 1.807) is 24.5 Å². The van der Waals surface area contributed by atoms with Crippen molar-refractivity contribution in [3.05, 3.63) is 77.3 Å². The Bertz CT molecular complexity index is 1360. The molecule has 2 aliphatic rings. The lowest BCUT2D eigenvalue weighted by molar-refractivity contribution is 0.0748. The van der Waals surface area contributed by atoms with Crippen LogP contribution in [0.3, 0.4) is 0 Å². The van der Waals surface area contributed by atoms with Crippen LogP contribution < -0.4 is 14.8 Å². The molecule has 172 valence electrons. The maximum atomic E-state index is 13.0. The summed E-state index contributed by atoms with van der Waals surface area (Å²) in [4.78, 5) is 21.5. The molecule has 0 bridgehead atoms. The van der Waals surface area contributed by atoms with Gasteiger partial charge < -0.3 is 19.2 Å². The van der Waals surface area contributed by atoms with Gasteiger partial charge in [-0.3, -0.25) is 14.5 Å². The lowest BCUT2D eigenvalue weighted by atomic mass is 9.93. The van der Waals surface area contributed by atoms with Crippen LogP contribution in [0.15, 0.2) is 53.3 Å². The molecular weight excluding hydrogens is 434 g/mol. The van der Waals surface area contributed by atoms with E-state index in [9.17, 15) is 4.79 Å². The number of pyridine rings is 2. The Morgan fingerprint density at radius 3 is 2.97 bits per heavy atom. The normalized spacial score (nSPS) is 16.0. The SMILES string of the molecule is Cc1c(C(=O)NC[C@@H]2COc3ncccc3O2)oc2c1-c1nn(Cc3ccccn3)cc1CC2. The van der Waals surface area contributed by atoms with E-state index in [0.29, 0.717) is 37.1 Å². The van der Waals surface area contributed by atoms with Crippen LogP contribution in [0.25, 0.3) is 11.3 Å². The van der Waals surface area contributed by atoms with Crippen molar-refractivity contribution >= 4 is 5.91 Å². The molecule has 1 aliphatic heterocycles. The maximum absolute atomic E-state index is 13.0. The van der Waals surface area contributed by atoms with E-state index in [2.05, 4.69) is 21.5 Å². The third kappa shape index (κ3) is 3.68. The van der Waals surface area contributed by atoms with Gasteiger partial charge in [0.25, 0.3) is 11.8 Å². The fourth-order valence-corrected chi connectivity index (χ4v) is 4.47. The average molecular weight is 457 g/mol. The molecule has 4 aromatic heterocycles. The van der Waals surface area contributed by atoms with Crippen LogP contribution in [0.4, 0.5) is 0 Å². The lowest BCUT2D eigenvalue weighted by Gasteiger charge is -2.25. The van der Waals surface area contributed by atoms with Gasteiger partial charge in [0.1, 0.15) is 12.4 Å². The predicted molar refractivity (Wildman–Crippen MR) is 122 cm³/mol. The lowest BCUT2D eigenvalue weighted by Crippen LogP contribution is -2.41. The Kier molecular flexibility index (Phi) is 5.01. The van der Waals surface area contributed by atoms with Crippen LogP contribution in [0.2, 0.25) is 0 Å². The minimum absolute atomic E-state index is 0.276. The minimum Gasteiger partial charge on any atom is -0.479 e. The fraction of sp³-hybridized carbons (Fsp3) is 0.280. The number of nitrogens with one attached hydrogen (secondary N) is 1. The molecule has 0 spiro atoms. The van der Waals surface area contributed by atoms with Gasteiger partial charge in [0, 0.05) is 36.1 Å². The first-order valence-corrected chi connectivity index (χ1v) is 11.3. The molecule has 6 rings (SSSR count). The van der Waals surface area contributed by atoms with Crippen molar-refractivity contribution < 1.29 is 18.7 Å². The van der Waals surface area contributed by atoms with Crippen molar-refractivity contribution in [3.63, 3.8) is 0 Å². The molecule has 1 amide bonds. The monoisotopic (exact) mass is 457 g/mol. The molecule has 5 heterocycles. The van der Waals surface area contributed by atoms with Crippen molar-refractivity contribution in [1.29, 1.82) is 0 Å². The second kappa shape index (κ2) is 8.33. The predicted octanol–water partition coefficient (Wildman–Crippen LogP) is 2.96. The number of hydrogen-bond donors (Lipinski definition) is 1. The Balaban J connectivity index is 1.18. The highest BCUT2D eigenvalue weighted by Crippen LogP contribution is 2.38. The second-order valence-electron chi connectivity index (χ2n) is 8.44. The van der Waals surface area contributed by atoms with Crippen molar-refractivity contribution in [2.45, 2.75) is 32.4 Å². The quantitative estimate of drug-likeness (QED) is 0.491. The summed E-state index contributed by atoms with van der Waals surface area (Å²) in [7, 11) is 0. The summed E-state index contributed by atoms with van der Waals surface area (Å²) in [6, 6.07) is 9.43. The van der Waals surface area contributed by atoms with E-state index in [0.717, 1.165) is 46.7 Å². The van der Waals surface area contributed by atoms with Crippen LogP contribution in [0.1, 0.15) is 33.1 Å². The summed E-state index contributed by atoms with van der Waals surface area (Å²) >= 11 is 0. The van der Waals surface area contributed by atoms with E-state index in [4.69, 9.17) is 19.0 Å². The number of ether oxygens (including phenoxy) is 2. The molecule has 0 aromatic carbocycles. The Labute approximate surface area is 195 Å². The molecular formula is C25H23N5O4. The number of hydrogen-bond acceptors (Lipinski definition) is 7. The first-order valence-electron chi connectivity index (χ1n) is 11.3. The third-order valence-electron chi connectivity index (χ3n) is 6.10. The summed E-state index contributed by atoms with van der Waals surface area (Å²) < 4.78 is 19.4. The zero-order chi connectivity index (χ0) is 23.1. The van der Waals surface area contributed by atoms with Gasteiger partial charge in [-0.1, -0.05) is 6.07 Å². The molecule has 0 saturated carbocycles. The first kappa shape index (κ1) is 20.5. The first-order chi connectivity index (χ1) is 16.7. The van der Waals surface area contributed by atoms with Gasteiger partial charge >= 0.3 is 0 Å². The number of furan rings is 1. The van der Waals surface area contributed by atoms with Crippen molar-refractivity contribution in [3.8, 4) is 22.9 Å². The number of amides is 1. The topological polar surface area (TPSA) is 104 Å². The van der Waals surface area contributed by atoms with E-state index in [1.807, 2.05) is 29.8 Å². The number of carbonyl (C=O) groups is 1. The summed E-state index contributed by atoms with van der Waals surface area (Å²) in [6.07, 6.45) is 6.74. The summed E-state index contributed by atoms with van der Waals surface area (Å²) in [5, 5.41) is 7.72. The van der Waals surface area contributed by atoms with Crippen LogP contribution in [-0.2, 0) is 19.4 Å². The van der Waals surface area contributed by atoms with Crippen LogP contribution in [0, 0.1) is 6.92 Å². The van der Waals surface area contributed by atoms with Gasteiger partial charge in [0.15, 0.2) is 17.6 Å². The highest BCUT2D eigenvalue weighted by Gasteiger charge is 2.30. The zero-order valence-corrected chi connectivity index (χ0v) is 18.7. The molecule has 1 aliphatic carbocycles. The van der Waals surface area contributed by atoms with Crippen LogP contribution in [0.5, 0.6) is 11.6 Å².